The number of nitrogens with one attached hydrogen (secondary N) is 1. The van der Waals surface area contributed by atoms with E-state index in [4.69, 9.17) is 9.26 Å². The third kappa shape index (κ3) is 5.40. The summed E-state index contributed by atoms with van der Waals surface area (Å²) < 4.78 is 10.9. The van der Waals surface area contributed by atoms with Gasteiger partial charge in [-0.2, -0.15) is 0 Å². The number of carbonyl (C=O) groups is 1. The number of hydrogen-bond donors (Lipinski definition) is 1. The minimum atomic E-state index is -0.126. The summed E-state index contributed by atoms with van der Waals surface area (Å²) in [5.41, 5.74) is 3.37. The molecule has 2 amide bonds. The van der Waals surface area contributed by atoms with E-state index in [0.29, 0.717) is 24.8 Å². The smallest absolute Gasteiger partial charge is 0.323 e. The molecule has 2 aromatic rings. The standard InChI is InChI=1S/C23H31N3O3/c1-5-6-12-28-21-9-7-8-19(14-21)13-20-10-11-26(15-16(20)2)23(27)24-22-17(3)18(4)29-25-22/h7-9,13-14,16H,5-6,10-12,15H2,1-4H3,(H,24,25,27)/b20-13+. The molecule has 0 spiro atoms. The van der Waals surface area contributed by atoms with Crippen molar-refractivity contribution in [3.8, 4) is 5.75 Å². The van der Waals surface area contributed by atoms with E-state index in [-0.39, 0.29) is 6.03 Å². The average molecular weight is 398 g/mol. The molecular weight excluding hydrogens is 366 g/mol. The predicted molar refractivity (Wildman–Crippen MR) is 115 cm³/mol. The lowest BCUT2D eigenvalue weighted by molar-refractivity contribution is 0.197. The molecule has 6 heteroatoms. The normalized spacial score (nSPS) is 18.1. The number of nitrogens with zero attached hydrogens (tertiary/aromatic N) is 2. The van der Waals surface area contributed by atoms with Crippen LogP contribution >= 0.6 is 0 Å². The van der Waals surface area contributed by atoms with Crippen molar-refractivity contribution < 1.29 is 14.1 Å². The summed E-state index contributed by atoms with van der Waals surface area (Å²) in [6.45, 7) is 10.2. The van der Waals surface area contributed by atoms with E-state index in [1.165, 1.54) is 5.57 Å². The molecule has 1 aliphatic heterocycles. The molecule has 6 nitrogen and oxygen atoms in total. The van der Waals surface area contributed by atoms with Crippen molar-refractivity contribution in [3.63, 3.8) is 0 Å². The first-order valence-corrected chi connectivity index (χ1v) is 10.4. The molecule has 1 saturated heterocycles. The Morgan fingerprint density at radius 1 is 1.41 bits per heavy atom. The van der Waals surface area contributed by atoms with Gasteiger partial charge in [-0.15, -0.1) is 0 Å². The molecule has 1 fully saturated rings. The van der Waals surface area contributed by atoms with Crippen LogP contribution < -0.4 is 10.1 Å². The van der Waals surface area contributed by atoms with Gasteiger partial charge in [-0.25, -0.2) is 4.79 Å². The maximum absolute atomic E-state index is 12.6. The van der Waals surface area contributed by atoms with Gasteiger partial charge in [-0.1, -0.05) is 49.2 Å². The first-order valence-electron chi connectivity index (χ1n) is 10.4. The van der Waals surface area contributed by atoms with Crippen LogP contribution in [0.1, 0.15) is 50.0 Å². The molecule has 0 bridgehead atoms. The highest BCUT2D eigenvalue weighted by Gasteiger charge is 2.25. The third-order valence-corrected chi connectivity index (χ3v) is 5.44. The second kappa shape index (κ2) is 9.63. The summed E-state index contributed by atoms with van der Waals surface area (Å²) >= 11 is 0. The zero-order chi connectivity index (χ0) is 20.8. The Balaban J connectivity index is 1.60. The summed E-state index contributed by atoms with van der Waals surface area (Å²) in [6.07, 6.45) is 5.28. The van der Waals surface area contributed by atoms with E-state index >= 15 is 0 Å². The number of aromatic nitrogens is 1. The zero-order valence-corrected chi connectivity index (χ0v) is 17.8. The molecule has 1 N–H and O–H groups in total. The Morgan fingerprint density at radius 2 is 2.24 bits per heavy atom. The Labute approximate surface area is 172 Å². The topological polar surface area (TPSA) is 67.6 Å². The highest BCUT2D eigenvalue weighted by Crippen LogP contribution is 2.27. The van der Waals surface area contributed by atoms with Gasteiger partial charge >= 0.3 is 6.03 Å². The van der Waals surface area contributed by atoms with Crippen LogP contribution in [-0.2, 0) is 0 Å². The maximum atomic E-state index is 12.6. The largest absolute Gasteiger partial charge is 0.494 e. The molecule has 1 aliphatic rings. The fourth-order valence-corrected chi connectivity index (χ4v) is 3.41. The molecular formula is C23H31N3O3. The second-order valence-corrected chi connectivity index (χ2v) is 7.73. The van der Waals surface area contributed by atoms with Crippen molar-refractivity contribution in [1.82, 2.24) is 10.1 Å². The number of unbranched alkanes of at least 4 members (excludes halogenated alkanes) is 1. The Hall–Kier alpha value is -2.76. The van der Waals surface area contributed by atoms with Crippen molar-refractivity contribution in [2.24, 2.45) is 5.92 Å². The number of rotatable bonds is 6. The number of piperidine rings is 1. The fraction of sp³-hybridized carbons (Fsp3) is 0.478. The van der Waals surface area contributed by atoms with Crippen LogP contribution in [-0.4, -0.2) is 35.8 Å². The Bertz CT molecular complexity index is 872. The number of urea groups is 1. The van der Waals surface area contributed by atoms with Gasteiger partial charge in [0.2, 0.25) is 0 Å². The number of carbonyl (C=O) groups excluding carboxylic acids is 1. The molecule has 0 aliphatic carbocycles. The van der Waals surface area contributed by atoms with Gasteiger partial charge in [-0.05, 0) is 50.3 Å². The number of aryl methyl sites for hydroxylation is 1. The molecule has 1 aromatic heterocycles. The van der Waals surface area contributed by atoms with Crippen LogP contribution in [0, 0.1) is 19.8 Å². The average Bonchev–Trinajstić information content (AvgIpc) is 3.02. The van der Waals surface area contributed by atoms with Crippen LogP contribution in [0.3, 0.4) is 0 Å². The number of ether oxygens (including phenoxy) is 1. The highest BCUT2D eigenvalue weighted by atomic mass is 16.5. The Morgan fingerprint density at radius 3 is 2.93 bits per heavy atom. The van der Waals surface area contributed by atoms with Crippen LogP contribution in [0.5, 0.6) is 5.75 Å². The van der Waals surface area contributed by atoms with Gasteiger partial charge in [0.05, 0.1) is 6.61 Å². The van der Waals surface area contributed by atoms with E-state index < -0.39 is 0 Å². The summed E-state index contributed by atoms with van der Waals surface area (Å²) in [4.78, 5) is 14.4. The minimum absolute atomic E-state index is 0.126. The van der Waals surface area contributed by atoms with Gasteiger partial charge in [0, 0.05) is 18.7 Å². The highest BCUT2D eigenvalue weighted by molar-refractivity contribution is 5.89. The fourth-order valence-electron chi connectivity index (χ4n) is 3.41. The van der Waals surface area contributed by atoms with Crippen molar-refractivity contribution >= 4 is 17.9 Å². The molecule has 29 heavy (non-hydrogen) atoms. The molecule has 3 rings (SSSR count). The zero-order valence-electron chi connectivity index (χ0n) is 17.8. The van der Waals surface area contributed by atoms with Crippen molar-refractivity contribution in [2.75, 3.05) is 25.0 Å². The number of likely N-dealkylation sites (tertiary alicyclic amines) is 1. The molecule has 1 aromatic carbocycles. The predicted octanol–water partition coefficient (Wildman–Crippen LogP) is 5.43. The van der Waals surface area contributed by atoms with E-state index in [1.54, 1.807) is 0 Å². The summed E-state index contributed by atoms with van der Waals surface area (Å²) in [5.74, 6) is 2.43. The van der Waals surface area contributed by atoms with Crippen LogP contribution in [0.2, 0.25) is 0 Å². The first kappa shape index (κ1) is 21.0. The molecule has 156 valence electrons. The van der Waals surface area contributed by atoms with Gasteiger partial charge in [-0.3, -0.25) is 5.32 Å². The van der Waals surface area contributed by atoms with Gasteiger partial charge in [0.15, 0.2) is 5.82 Å². The lowest BCUT2D eigenvalue weighted by Gasteiger charge is -2.33. The quantitative estimate of drug-likeness (QED) is 0.660. The van der Waals surface area contributed by atoms with E-state index in [9.17, 15) is 4.79 Å². The number of benzene rings is 1. The third-order valence-electron chi connectivity index (χ3n) is 5.44. The SMILES string of the molecule is CCCCOc1cccc(/C=C2\CCN(C(=O)Nc3noc(C)c3C)CC2C)c1. The van der Waals surface area contributed by atoms with E-state index in [2.05, 4.69) is 42.5 Å². The molecule has 1 atom stereocenters. The molecule has 0 saturated carbocycles. The van der Waals surface area contributed by atoms with E-state index in [1.807, 2.05) is 30.9 Å². The van der Waals surface area contributed by atoms with Gasteiger partial charge in [0.1, 0.15) is 11.5 Å². The van der Waals surface area contributed by atoms with Crippen molar-refractivity contribution in [3.05, 3.63) is 46.7 Å². The number of anilines is 1. The van der Waals surface area contributed by atoms with Crippen molar-refractivity contribution in [1.29, 1.82) is 0 Å². The summed E-state index contributed by atoms with van der Waals surface area (Å²) in [7, 11) is 0. The number of amides is 2. The Kier molecular flexibility index (Phi) is 6.96. The van der Waals surface area contributed by atoms with Crippen molar-refractivity contribution in [2.45, 2.75) is 47.0 Å². The summed E-state index contributed by atoms with van der Waals surface area (Å²) in [6, 6.07) is 8.09. The summed E-state index contributed by atoms with van der Waals surface area (Å²) in [5, 5.41) is 6.78. The lowest BCUT2D eigenvalue weighted by atomic mass is 9.91. The van der Waals surface area contributed by atoms with Crippen LogP contribution in [0.25, 0.3) is 6.08 Å². The molecule has 2 heterocycles. The maximum Gasteiger partial charge on any atom is 0.323 e. The lowest BCUT2D eigenvalue weighted by Crippen LogP contribution is -2.42. The van der Waals surface area contributed by atoms with Crippen LogP contribution in [0.4, 0.5) is 10.6 Å². The number of hydrogen-bond acceptors (Lipinski definition) is 4. The van der Waals surface area contributed by atoms with Gasteiger partial charge < -0.3 is 14.2 Å². The molecule has 1 unspecified atom stereocenters. The van der Waals surface area contributed by atoms with E-state index in [0.717, 1.165) is 48.5 Å². The monoisotopic (exact) mass is 397 g/mol. The minimum Gasteiger partial charge on any atom is -0.494 e. The van der Waals surface area contributed by atoms with Crippen LogP contribution in [0.15, 0.2) is 34.4 Å². The first-order chi connectivity index (χ1) is 14.0. The van der Waals surface area contributed by atoms with Gasteiger partial charge in [0.25, 0.3) is 0 Å². The second-order valence-electron chi connectivity index (χ2n) is 7.73. The molecule has 0 radical (unpaired) electrons.